The van der Waals surface area contributed by atoms with Gasteiger partial charge < -0.3 is 19.9 Å². The van der Waals surface area contributed by atoms with Crippen molar-refractivity contribution in [3.05, 3.63) is 23.8 Å². The van der Waals surface area contributed by atoms with Gasteiger partial charge in [0.25, 0.3) is 0 Å². The molecule has 2 aliphatic rings. The summed E-state index contributed by atoms with van der Waals surface area (Å²) in [5, 5.41) is 0. The van der Waals surface area contributed by atoms with Gasteiger partial charge in [0, 0.05) is 18.4 Å². The van der Waals surface area contributed by atoms with Gasteiger partial charge in [-0.3, -0.25) is 0 Å². The summed E-state index contributed by atoms with van der Waals surface area (Å²) in [4.78, 5) is 0. The van der Waals surface area contributed by atoms with Gasteiger partial charge in [0.05, 0.1) is 20.3 Å². The molecule has 4 heteroatoms. The van der Waals surface area contributed by atoms with Crippen LogP contribution in [0.5, 0.6) is 11.5 Å². The molecule has 1 aromatic rings. The van der Waals surface area contributed by atoms with E-state index in [0.717, 1.165) is 56.0 Å². The number of ether oxygens (including phenoxy) is 3. The van der Waals surface area contributed by atoms with Crippen LogP contribution in [0.25, 0.3) is 0 Å². The Bertz CT molecular complexity index is 465. The maximum Gasteiger partial charge on any atom is 0.161 e. The minimum atomic E-state index is -0.167. The molecule has 3 rings (SSSR count). The molecule has 20 heavy (non-hydrogen) atoms. The minimum Gasteiger partial charge on any atom is -0.493 e. The van der Waals surface area contributed by atoms with Crippen molar-refractivity contribution in [2.45, 2.75) is 43.7 Å². The molecular formula is C16H23NO3. The van der Waals surface area contributed by atoms with Crippen LogP contribution in [-0.2, 0) is 10.3 Å². The first-order valence-electron chi connectivity index (χ1n) is 7.43. The van der Waals surface area contributed by atoms with E-state index in [0.29, 0.717) is 0 Å². The Balaban J connectivity index is 1.81. The molecule has 0 unspecified atom stereocenters. The second kappa shape index (κ2) is 5.62. The van der Waals surface area contributed by atoms with E-state index in [4.69, 9.17) is 19.9 Å². The van der Waals surface area contributed by atoms with Crippen molar-refractivity contribution >= 4 is 0 Å². The second-order valence-electron chi connectivity index (χ2n) is 5.80. The number of nitrogens with two attached hydrogens (primary N) is 1. The third-order valence-electron chi connectivity index (χ3n) is 4.45. The third kappa shape index (κ3) is 2.63. The fraction of sp³-hybridized carbons (Fsp3) is 0.625. The van der Waals surface area contributed by atoms with Crippen molar-refractivity contribution in [3.8, 4) is 11.5 Å². The van der Waals surface area contributed by atoms with E-state index >= 15 is 0 Å². The zero-order valence-corrected chi connectivity index (χ0v) is 12.1. The van der Waals surface area contributed by atoms with Crippen molar-refractivity contribution in [1.29, 1.82) is 0 Å². The smallest absolute Gasteiger partial charge is 0.161 e. The maximum atomic E-state index is 6.40. The Morgan fingerprint density at radius 3 is 2.55 bits per heavy atom. The van der Waals surface area contributed by atoms with E-state index in [2.05, 4.69) is 12.1 Å². The molecule has 1 aliphatic heterocycles. The first-order chi connectivity index (χ1) is 9.71. The molecule has 0 amide bonds. The van der Waals surface area contributed by atoms with Gasteiger partial charge in [-0.1, -0.05) is 6.07 Å². The summed E-state index contributed by atoms with van der Waals surface area (Å²) < 4.78 is 16.9. The first kappa shape index (κ1) is 13.7. The van der Waals surface area contributed by atoms with Crippen LogP contribution in [0.1, 0.15) is 37.7 Å². The zero-order chi connectivity index (χ0) is 14.0. The molecule has 1 aromatic carbocycles. The highest BCUT2D eigenvalue weighted by Crippen LogP contribution is 2.42. The Morgan fingerprint density at radius 1 is 1.20 bits per heavy atom. The summed E-state index contributed by atoms with van der Waals surface area (Å²) in [6.07, 6.45) is 5.38. The van der Waals surface area contributed by atoms with Gasteiger partial charge in [-0.15, -0.1) is 0 Å². The molecule has 1 aliphatic carbocycles. The third-order valence-corrected chi connectivity index (χ3v) is 4.45. The van der Waals surface area contributed by atoms with Crippen LogP contribution in [0.15, 0.2) is 18.2 Å². The monoisotopic (exact) mass is 277 g/mol. The van der Waals surface area contributed by atoms with Crippen molar-refractivity contribution in [2.24, 2.45) is 5.73 Å². The second-order valence-corrected chi connectivity index (χ2v) is 5.80. The lowest BCUT2D eigenvalue weighted by molar-refractivity contribution is 0.0244. The van der Waals surface area contributed by atoms with Crippen molar-refractivity contribution in [2.75, 3.05) is 20.3 Å². The highest BCUT2D eigenvalue weighted by atomic mass is 16.5. The normalized spacial score (nSPS) is 22.1. The van der Waals surface area contributed by atoms with Crippen molar-refractivity contribution < 1.29 is 14.2 Å². The van der Waals surface area contributed by atoms with E-state index in [1.165, 1.54) is 6.42 Å². The first-order valence-corrected chi connectivity index (χ1v) is 7.43. The van der Waals surface area contributed by atoms with Gasteiger partial charge >= 0.3 is 0 Å². The molecule has 0 bridgehead atoms. The SMILES string of the molecule is COc1ccc(C2(N)CCC2)cc1OC1CCOCC1. The number of hydrogen-bond acceptors (Lipinski definition) is 4. The molecule has 4 nitrogen and oxygen atoms in total. The standard InChI is InChI=1S/C16H23NO3/c1-18-14-4-3-12(16(17)7-2-8-16)11-15(14)20-13-5-9-19-10-6-13/h3-4,11,13H,2,5-10,17H2,1H3. The molecule has 0 spiro atoms. The van der Waals surface area contributed by atoms with Gasteiger partial charge in [0.15, 0.2) is 11.5 Å². The summed E-state index contributed by atoms with van der Waals surface area (Å²) >= 11 is 0. The fourth-order valence-electron chi connectivity index (χ4n) is 2.90. The van der Waals surface area contributed by atoms with Crippen LogP contribution in [0.4, 0.5) is 0 Å². The van der Waals surface area contributed by atoms with E-state index in [-0.39, 0.29) is 11.6 Å². The molecule has 1 saturated carbocycles. The van der Waals surface area contributed by atoms with Gasteiger partial charge in [-0.2, -0.15) is 0 Å². The predicted octanol–water partition coefficient (Wildman–Crippen LogP) is 2.59. The molecule has 0 aromatic heterocycles. The Labute approximate surface area is 120 Å². The van der Waals surface area contributed by atoms with E-state index < -0.39 is 0 Å². The van der Waals surface area contributed by atoms with Crippen LogP contribution >= 0.6 is 0 Å². The molecule has 1 saturated heterocycles. The molecule has 110 valence electrons. The number of methoxy groups -OCH3 is 1. The molecule has 0 radical (unpaired) electrons. The summed E-state index contributed by atoms with van der Waals surface area (Å²) in [6, 6.07) is 6.10. The average Bonchev–Trinajstić information content (AvgIpc) is 2.46. The van der Waals surface area contributed by atoms with Gasteiger partial charge in [-0.25, -0.2) is 0 Å². The van der Waals surface area contributed by atoms with Crippen LogP contribution in [0.3, 0.4) is 0 Å². The summed E-state index contributed by atoms with van der Waals surface area (Å²) in [5.74, 6) is 1.59. The number of benzene rings is 1. The van der Waals surface area contributed by atoms with Crippen LogP contribution in [-0.4, -0.2) is 26.4 Å². The van der Waals surface area contributed by atoms with E-state index in [1.807, 2.05) is 6.07 Å². The maximum absolute atomic E-state index is 6.40. The molecular weight excluding hydrogens is 254 g/mol. The van der Waals surface area contributed by atoms with Crippen LogP contribution in [0, 0.1) is 0 Å². The van der Waals surface area contributed by atoms with Gasteiger partial charge in [-0.05, 0) is 37.0 Å². The highest BCUT2D eigenvalue weighted by Gasteiger charge is 2.35. The highest BCUT2D eigenvalue weighted by molar-refractivity contribution is 5.45. The van der Waals surface area contributed by atoms with Crippen LogP contribution in [0.2, 0.25) is 0 Å². The Hall–Kier alpha value is -1.26. The molecule has 2 fully saturated rings. The van der Waals surface area contributed by atoms with Crippen molar-refractivity contribution in [3.63, 3.8) is 0 Å². The molecule has 1 heterocycles. The Morgan fingerprint density at radius 2 is 1.95 bits per heavy atom. The minimum absolute atomic E-state index is 0.167. The summed E-state index contributed by atoms with van der Waals surface area (Å²) in [5.41, 5.74) is 7.39. The Kier molecular flexibility index (Phi) is 3.85. The number of hydrogen-bond donors (Lipinski definition) is 1. The van der Waals surface area contributed by atoms with Gasteiger partial charge in [0.2, 0.25) is 0 Å². The fourth-order valence-corrected chi connectivity index (χ4v) is 2.90. The van der Waals surface area contributed by atoms with Crippen LogP contribution < -0.4 is 15.2 Å². The lowest BCUT2D eigenvalue weighted by Crippen LogP contribution is -2.43. The lowest BCUT2D eigenvalue weighted by atomic mass is 9.73. The lowest BCUT2D eigenvalue weighted by Gasteiger charge is -2.39. The van der Waals surface area contributed by atoms with Gasteiger partial charge in [0.1, 0.15) is 6.10 Å². The van der Waals surface area contributed by atoms with E-state index in [9.17, 15) is 0 Å². The van der Waals surface area contributed by atoms with Crippen molar-refractivity contribution in [1.82, 2.24) is 0 Å². The molecule has 2 N–H and O–H groups in total. The molecule has 0 atom stereocenters. The zero-order valence-electron chi connectivity index (χ0n) is 12.1. The quantitative estimate of drug-likeness (QED) is 0.919. The largest absolute Gasteiger partial charge is 0.493 e. The average molecular weight is 277 g/mol. The van der Waals surface area contributed by atoms with E-state index in [1.54, 1.807) is 7.11 Å². The summed E-state index contributed by atoms with van der Waals surface area (Å²) in [6.45, 7) is 1.54. The topological polar surface area (TPSA) is 53.7 Å². The predicted molar refractivity (Wildman–Crippen MR) is 77.2 cm³/mol. The number of rotatable bonds is 4. The summed E-state index contributed by atoms with van der Waals surface area (Å²) in [7, 11) is 1.67.